The maximum Gasteiger partial charge on any atom is 0.266 e. The number of rotatable bonds is 6. The zero-order valence-corrected chi connectivity index (χ0v) is 23.0. The second-order valence-corrected chi connectivity index (χ2v) is 14.0. The Bertz CT molecular complexity index is 1570. The first-order valence-corrected chi connectivity index (χ1v) is 15.5. The van der Waals surface area contributed by atoms with Crippen LogP contribution in [0.1, 0.15) is 54.7 Å². The average molecular weight is 577 g/mol. The van der Waals surface area contributed by atoms with Crippen molar-refractivity contribution in [1.29, 1.82) is 0 Å². The Morgan fingerprint density at radius 1 is 1.18 bits per heavy atom. The molecule has 212 valence electrons. The van der Waals surface area contributed by atoms with Crippen LogP contribution in [-0.4, -0.2) is 58.5 Å². The first-order chi connectivity index (χ1) is 19.0. The van der Waals surface area contributed by atoms with Crippen LogP contribution in [0.4, 0.5) is 23.4 Å². The van der Waals surface area contributed by atoms with Gasteiger partial charge in [0.1, 0.15) is 30.4 Å². The summed E-state index contributed by atoms with van der Waals surface area (Å²) in [6.45, 7) is 4.16. The number of carbonyl (C=O) groups excluding carboxylic acids is 1. The van der Waals surface area contributed by atoms with Crippen molar-refractivity contribution >= 4 is 35.1 Å². The van der Waals surface area contributed by atoms with Crippen molar-refractivity contribution in [2.45, 2.75) is 51.2 Å². The largest absolute Gasteiger partial charge is 0.492 e. The summed E-state index contributed by atoms with van der Waals surface area (Å²) in [5.41, 5.74) is -0.952. The van der Waals surface area contributed by atoms with Crippen molar-refractivity contribution < 1.29 is 31.7 Å². The molecule has 1 amide bonds. The maximum absolute atomic E-state index is 14.9. The van der Waals surface area contributed by atoms with Gasteiger partial charge in [0.25, 0.3) is 12.3 Å². The van der Waals surface area contributed by atoms with E-state index in [2.05, 4.69) is 15.3 Å². The molecule has 2 aromatic carbocycles. The number of aromatic nitrogens is 2. The summed E-state index contributed by atoms with van der Waals surface area (Å²) in [4.78, 5) is 23.2. The quantitative estimate of drug-likeness (QED) is 0.310. The van der Waals surface area contributed by atoms with E-state index in [0.717, 1.165) is 11.6 Å². The van der Waals surface area contributed by atoms with Crippen molar-refractivity contribution in [3.05, 3.63) is 52.6 Å². The van der Waals surface area contributed by atoms with Crippen LogP contribution in [0, 0.1) is 12.7 Å². The number of halogens is 4. The molecule has 2 fully saturated rings. The number of amides is 1. The minimum atomic E-state index is -3.04. The van der Waals surface area contributed by atoms with Gasteiger partial charge in [-0.2, -0.15) is 0 Å². The number of fused-ring (bicyclic) bond motifs is 3. The van der Waals surface area contributed by atoms with Gasteiger partial charge in [0.2, 0.25) is 0 Å². The molecule has 1 aliphatic carbocycles. The van der Waals surface area contributed by atoms with E-state index >= 15 is 0 Å². The normalized spacial score (nSPS) is 19.8. The molecule has 12 heteroatoms. The third-order valence-corrected chi connectivity index (χ3v) is 11.2. The summed E-state index contributed by atoms with van der Waals surface area (Å²) < 4.78 is 76.2. The number of alkyl halides is 3. The molecule has 1 N–H and O–H groups in total. The van der Waals surface area contributed by atoms with E-state index in [-0.39, 0.29) is 43.8 Å². The first kappa shape index (κ1) is 27.0. The second kappa shape index (κ2) is 9.72. The molecule has 40 heavy (non-hydrogen) atoms. The van der Waals surface area contributed by atoms with Gasteiger partial charge in [0.15, 0.2) is 5.67 Å². The molecule has 3 aromatic rings. The van der Waals surface area contributed by atoms with Crippen LogP contribution in [0.15, 0.2) is 24.3 Å². The predicted octanol–water partition coefficient (Wildman–Crippen LogP) is 5.46. The van der Waals surface area contributed by atoms with Gasteiger partial charge >= 0.3 is 0 Å². The first-order valence-electron chi connectivity index (χ1n) is 13.4. The summed E-state index contributed by atoms with van der Waals surface area (Å²) in [5.74, 6) is -0.154. The second-order valence-electron chi connectivity index (χ2n) is 10.8. The Kier molecular flexibility index (Phi) is 6.56. The average Bonchev–Trinajstić information content (AvgIpc) is 3.47. The van der Waals surface area contributed by atoms with Gasteiger partial charge in [0, 0.05) is 48.3 Å². The number of hydrogen-bond acceptors (Lipinski definition) is 6. The topological polar surface area (TPSA) is 84.4 Å². The Morgan fingerprint density at radius 2 is 1.88 bits per heavy atom. The van der Waals surface area contributed by atoms with Crippen LogP contribution < -0.4 is 15.4 Å². The molecule has 0 spiro atoms. The van der Waals surface area contributed by atoms with Crippen LogP contribution in [0.25, 0.3) is 10.9 Å². The Morgan fingerprint density at radius 3 is 2.55 bits per heavy atom. The molecule has 1 saturated heterocycles. The summed E-state index contributed by atoms with van der Waals surface area (Å²) in [6.07, 6.45) is -1.53. The highest BCUT2D eigenvalue weighted by Crippen LogP contribution is 2.52. The van der Waals surface area contributed by atoms with Crippen LogP contribution in [0.5, 0.6) is 5.75 Å². The van der Waals surface area contributed by atoms with Crippen LogP contribution in [0.3, 0.4) is 0 Å². The lowest BCUT2D eigenvalue weighted by molar-refractivity contribution is -0.137. The standard InChI is InChI=1S/C28H29F4N4O3P/c1-15(17-4-3-5-18(22(17)29)25(30)31)33-26-20-14-21(24-19(6-11-39-24)23(20)34-16(2)35-26)40(38)12-9-36(10-13-40)27(37)28(32)7-8-28/h3-5,14-15,25H,6-13H2,1-2H3,(H,33,34,35)/t15-/m1/s1. The van der Waals surface area contributed by atoms with Gasteiger partial charge in [0.05, 0.1) is 29.0 Å². The number of ether oxygens (including phenoxy) is 1. The highest BCUT2D eigenvalue weighted by Gasteiger charge is 2.53. The van der Waals surface area contributed by atoms with Gasteiger partial charge in [-0.25, -0.2) is 27.5 Å². The molecule has 6 rings (SSSR count). The van der Waals surface area contributed by atoms with Crippen molar-refractivity contribution in [1.82, 2.24) is 14.9 Å². The van der Waals surface area contributed by atoms with E-state index in [4.69, 9.17) is 4.74 Å². The molecular weight excluding hydrogens is 547 g/mol. The van der Waals surface area contributed by atoms with Gasteiger partial charge < -0.3 is 19.5 Å². The van der Waals surface area contributed by atoms with Gasteiger partial charge in [-0.3, -0.25) is 4.79 Å². The fourth-order valence-corrected chi connectivity index (χ4v) is 8.43. The zero-order chi connectivity index (χ0) is 28.4. The molecule has 7 nitrogen and oxygen atoms in total. The van der Waals surface area contributed by atoms with E-state index in [0.29, 0.717) is 46.6 Å². The van der Waals surface area contributed by atoms with Crippen LogP contribution in [-0.2, 0) is 15.8 Å². The molecule has 3 heterocycles. The molecule has 2 aliphatic heterocycles. The summed E-state index contributed by atoms with van der Waals surface area (Å²) in [6, 6.07) is 4.92. The number of hydrogen-bond donors (Lipinski definition) is 1. The molecule has 0 radical (unpaired) electrons. The molecular formula is C28H29F4N4O3P. The van der Waals surface area contributed by atoms with E-state index < -0.39 is 42.6 Å². The third-order valence-electron chi connectivity index (χ3n) is 8.10. The van der Waals surface area contributed by atoms with Crippen molar-refractivity contribution in [2.75, 3.05) is 37.3 Å². The zero-order valence-electron chi connectivity index (χ0n) is 22.1. The summed E-state index contributed by atoms with van der Waals surface area (Å²) >= 11 is 0. The molecule has 0 bridgehead atoms. The molecule has 0 unspecified atom stereocenters. The van der Waals surface area contributed by atoms with Crippen molar-refractivity contribution in [2.24, 2.45) is 0 Å². The number of anilines is 1. The Labute approximate surface area is 228 Å². The van der Waals surface area contributed by atoms with Crippen molar-refractivity contribution in [3.8, 4) is 5.75 Å². The Hall–Kier alpha value is -3.20. The van der Waals surface area contributed by atoms with Gasteiger partial charge in [-0.05, 0) is 32.8 Å². The number of benzene rings is 2. The van der Waals surface area contributed by atoms with E-state index in [1.807, 2.05) is 0 Å². The molecule has 3 aliphatic rings. The molecule has 1 saturated carbocycles. The van der Waals surface area contributed by atoms with Crippen LogP contribution >= 0.6 is 7.14 Å². The molecule has 1 aromatic heterocycles. The SMILES string of the molecule is Cc1nc(N[C@H](C)c2cccc(C(F)F)c2F)c2cc(P3(=O)CCN(C(=O)C4(F)CC4)CC3)c3c(c2n1)CCO3. The lowest BCUT2D eigenvalue weighted by Crippen LogP contribution is -2.45. The van der Waals surface area contributed by atoms with E-state index in [1.165, 1.54) is 17.0 Å². The third kappa shape index (κ3) is 4.52. The number of aryl methyl sites for hydroxylation is 1. The fraction of sp³-hybridized carbons (Fsp3) is 0.464. The summed E-state index contributed by atoms with van der Waals surface area (Å²) in [7, 11) is -3.04. The number of nitrogens with one attached hydrogen (secondary N) is 1. The fourth-order valence-electron chi connectivity index (χ4n) is 5.67. The van der Waals surface area contributed by atoms with Crippen LogP contribution in [0.2, 0.25) is 0 Å². The van der Waals surface area contributed by atoms with E-state index in [1.54, 1.807) is 19.9 Å². The maximum atomic E-state index is 14.9. The minimum absolute atomic E-state index is 0.0677. The lowest BCUT2D eigenvalue weighted by Gasteiger charge is -2.34. The summed E-state index contributed by atoms with van der Waals surface area (Å²) in [5, 5.41) is 4.27. The monoisotopic (exact) mass is 576 g/mol. The highest BCUT2D eigenvalue weighted by atomic mass is 31.2. The smallest absolute Gasteiger partial charge is 0.266 e. The van der Waals surface area contributed by atoms with Gasteiger partial charge in [-0.15, -0.1) is 0 Å². The van der Waals surface area contributed by atoms with E-state index in [9.17, 15) is 26.9 Å². The number of nitrogens with zero attached hydrogens (tertiary/aromatic N) is 3. The Balaban J connectivity index is 1.38. The van der Waals surface area contributed by atoms with Crippen molar-refractivity contribution in [3.63, 3.8) is 0 Å². The predicted molar refractivity (Wildman–Crippen MR) is 143 cm³/mol. The highest BCUT2D eigenvalue weighted by molar-refractivity contribution is 7.72. The molecule has 1 atom stereocenters. The minimum Gasteiger partial charge on any atom is -0.492 e. The lowest BCUT2D eigenvalue weighted by atomic mass is 10.0. The number of carbonyl (C=O) groups is 1. The van der Waals surface area contributed by atoms with Gasteiger partial charge in [-0.1, -0.05) is 18.2 Å².